The molecule has 72 valence electrons. The third kappa shape index (κ3) is 3.05. The van der Waals surface area contributed by atoms with E-state index in [1.165, 1.54) is 0 Å². The number of ether oxygens (including phenoxy) is 1. The van der Waals surface area contributed by atoms with Crippen LogP contribution in [0.15, 0.2) is 24.3 Å². The van der Waals surface area contributed by atoms with Crippen LogP contribution in [0.2, 0.25) is 0 Å². The van der Waals surface area contributed by atoms with Crippen LogP contribution >= 0.6 is 0 Å². The van der Waals surface area contributed by atoms with Gasteiger partial charge in [-0.25, -0.2) is 0 Å². The molecule has 0 heterocycles. The molecule has 0 aliphatic heterocycles. The average molecular weight is 181 g/mol. The number of hydrogen-bond donors (Lipinski definition) is 2. The van der Waals surface area contributed by atoms with E-state index in [2.05, 4.69) is 0 Å². The minimum Gasteiger partial charge on any atom is -0.491 e. The molecule has 3 heteroatoms. The predicted octanol–water partition coefficient (Wildman–Crippen LogP) is 0.905. The normalized spacial score (nSPS) is 12.5. The van der Waals surface area contributed by atoms with Gasteiger partial charge < -0.3 is 15.6 Å². The van der Waals surface area contributed by atoms with Crippen LogP contribution in [0.25, 0.3) is 0 Å². The summed E-state index contributed by atoms with van der Waals surface area (Å²) in [5.41, 5.74) is 6.48. The second kappa shape index (κ2) is 4.84. The van der Waals surface area contributed by atoms with Gasteiger partial charge in [0.05, 0.1) is 6.10 Å². The van der Waals surface area contributed by atoms with E-state index in [-0.39, 0.29) is 0 Å². The summed E-state index contributed by atoms with van der Waals surface area (Å²) in [4.78, 5) is 0. The zero-order chi connectivity index (χ0) is 9.68. The lowest BCUT2D eigenvalue weighted by Gasteiger charge is -2.11. The first-order valence-electron chi connectivity index (χ1n) is 4.33. The second-order valence-electron chi connectivity index (χ2n) is 2.97. The highest BCUT2D eigenvalue weighted by Crippen LogP contribution is 2.16. The molecule has 0 bridgehead atoms. The van der Waals surface area contributed by atoms with E-state index in [0.717, 1.165) is 11.3 Å². The number of para-hydroxylation sites is 1. The SMILES string of the molecule is C[C@H](O)COc1ccccc1CN. The summed E-state index contributed by atoms with van der Waals surface area (Å²) in [5, 5.41) is 9.02. The number of hydrogen-bond acceptors (Lipinski definition) is 3. The van der Waals surface area contributed by atoms with E-state index < -0.39 is 6.10 Å². The minimum absolute atomic E-state index is 0.303. The fraction of sp³-hybridized carbons (Fsp3) is 0.400. The first-order chi connectivity index (χ1) is 6.24. The average Bonchev–Trinajstić information content (AvgIpc) is 2.15. The molecule has 3 N–H and O–H groups in total. The molecule has 1 aromatic rings. The van der Waals surface area contributed by atoms with E-state index in [4.69, 9.17) is 15.6 Å². The molecule has 0 saturated heterocycles. The lowest BCUT2D eigenvalue weighted by Crippen LogP contribution is -2.14. The van der Waals surface area contributed by atoms with Crippen LogP contribution in [0, 0.1) is 0 Å². The van der Waals surface area contributed by atoms with Crippen LogP contribution in [-0.2, 0) is 6.54 Å². The van der Waals surface area contributed by atoms with Gasteiger partial charge in [-0.1, -0.05) is 18.2 Å². The van der Waals surface area contributed by atoms with Crippen LogP contribution < -0.4 is 10.5 Å². The van der Waals surface area contributed by atoms with Gasteiger partial charge in [-0.05, 0) is 13.0 Å². The highest BCUT2D eigenvalue weighted by atomic mass is 16.5. The monoisotopic (exact) mass is 181 g/mol. The molecular weight excluding hydrogens is 166 g/mol. The Kier molecular flexibility index (Phi) is 3.73. The number of rotatable bonds is 4. The summed E-state index contributed by atoms with van der Waals surface area (Å²) in [5.74, 6) is 0.755. The van der Waals surface area contributed by atoms with Crippen LogP contribution in [0.4, 0.5) is 0 Å². The van der Waals surface area contributed by atoms with Crippen molar-refractivity contribution >= 4 is 0 Å². The van der Waals surface area contributed by atoms with Gasteiger partial charge in [-0.2, -0.15) is 0 Å². The molecule has 0 amide bonds. The highest BCUT2D eigenvalue weighted by molar-refractivity contribution is 5.32. The molecule has 1 rings (SSSR count). The molecule has 0 fully saturated rings. The fourth-order valence-corrected chi connectivity index (χ4v) is 1.02. The molecule has 1 atom stereocenters. The van der Waals surface area contributed by atoms with Gasteiger partial charge in [0.25, 0.3) is 0 Å². The Hall–Kier alpha value is -1.06. The van der Waals surface area contributed by atoms with Crippen molar-refractivity contribution in [2.24, 2.45) is 5.73 Å². The molecular formula is C10H15NO2. The number of aliphatic hydroxyl groups excluding tert-OH is 1. The van der Waals surface area contributed by atoms with E-state index in [9.17, 15) is 0 Å². The van der Waals surface area contributed by atoms with Gasteiger partial charge in [0.15, 0.2) is 0 Å². The van der Waals surface area contributed by atoms with Gasteiger partial charge in [-0.3, -0.25) is 0 Å². The van der Waals surface area contributed by atoms with Crippen molar-refractivity contribution in [2.45, 2.75) is 19.6 Å². The molecule has 0 aliphatic rings. The Labute approximate surface area is 78.1 Å². The molecule has 3 nitrogen and oxygen atoms in total. The Bertz CT molecular complexity index is 261. The summed E-state index contributed by atoms with van der Waals surface area (Å²) in [6.45, 7) is 2.44. The standard InChI is InChI=1S/C10H15NO2/c1-8(12)7-13-10-5-3-2-4-9(10)6-11/h2-5,8,12H,6-7,11H2,1H3/t8-/m0/s1. The van der Waals surface area contributed by atoms with Gasteiger partial charge in [-0.15, -0.1) is 0 Å². The maximum atomic E-state index is 9.02. The Balaban J connectivity index is 2.64. The van der Waals surface area contributed by atoms with Gasteiger partial charge >= 0.3 is 0 Å². The zero-order valence-electron chi connectivity index (χ0n) is 7.73. The van der Waals surface area contributed by atoms with Crippen LogP contribution in [-0.4, -0.2) is 17.8 Å². The molecule has 0 aromatic heterocycles. The third-order valence-electron chi connectivity index (χ3n) is 1.67. The van der Waals surface area contributed by atoms with E-state index in [0.29, 0.717) is 13.2 Å². The Morgan fingerprint density at radius 1 is 1.46 bits per heavy atom. The quantitative estimate of drug-likeness (QED) is 0.725. The van der Waals surface area contributed by atoms with Crippen molar-refractivity contribution in [3.63, 3.8) is 0 Å². The van der Waals surface area contributed by atoms with Crippen molar-refractivity contribution in [1.29, 1.82) is 0 Å². The summed E-state index contributed by atoms with van der Waals surface area (Å²) in [6.07, 6.45) is -0.453. The Morgan fingerprint density at radius 2 is 2.15 bits per heavy atom. The maximum Gasteiger partial charge on any atom is 0.123 e. The first-order valence-corrected chi connectivity index (χ1v) is 4.33. The summed E-state index contributed by atoms with van der Waals surface area (Å²) in [6, 6.07) is 7.57. The lowest BCUT2D eigenvalue weighted by atomic mass is 10.2. The molecule has 0 spiro atoms. The second-order valence-corrected chi connectivity index (χ2v) is 2.97. The number of benzene rings is 1. The number of aliphatic hydroxyl groups is 1. The molecule has 0 aliphatic carbocycles. The minimum atomic E-state index is -0.453. The van der Waals surface area contributed by atoms with Crippen molar-refractivity contribution in [3.05, 3.63) is 29.8 Å². The lowest BCUT2D eigenvalue weighted by molar-refractivity contribution is 0.122. The molecule has 0 unspecified atom stereocenters. The van der Waals surface area contributed by atoms with Crippen molar-refractivity contribution in [3.8, 4) is 5.75 Å². The van der Waals surface area contributed by atoms with E-state index in [1.54, 1.807) is 6.92 Å². The van der Waals surface area contributed by atoms with Crippen LogP contribution in [0.3, 0.4) is 0 Å². The van der Waals surface area contributed by atoms with Crippen molar-refractivity contribution < 1.29 is 9.84 Å². The molecule has 13 heavy (non-hydrogen) atoms. The fourth-order valence-electron chi connectivity index (χ4n) is 1.02. The van der Waals surface area contributed by atoms with Gasteiger partial charge in [0, 0.05) is 12.1 Å². The molecule has 0 radical (unpaired) electrons. The van der Waals surface area contributed by atoms with Crippen molar-refractivity contribution in [2.75, 3.05) is 6.61 Å². The Morgan fingerprint density at radius 3 is 2.77 bits per heavy atom. The predicted molar refractivity (Wildman–Crippen MR) is 51.5 cm³/mol. The summed E-state index contributed by atoms with van der Waals surface area (Å²) in [7, 11) is 0. The van der Waals surface area contributed by atoms with Crippen molar-refractivity contribution in [1.82, 2.24) is 0 Å². The van der Waals surface area contributed by atoms with Gasteiger partial charge in [0.2, 0.25) is 0 Å². The van der Waals surface area contributed by atoms with Gasteiger partial charge in [0.1, 0.15) is 12.4 Å². The topological polar surface area (TPSA) is 55.5 Å². The highest BCUT2D eigenvalue weighted by Gasteiger charge is 2.02. The van der Waals surface area contributed by atoms with E-state index in [1.807, 2.05) is 24.3 Å². The summed E-state index contributed by atoms with van der Waals surface area (Å²) < 4.78 is 5.36. The summed E-state index contributed by atoms with van der Waals surface area (Å²) >= 11 is 0. The smallest absolute Gasteiger partial charge is 0.123 e. The van der Waals surface area contributed by atoms with Crippen LogP contribution in [0.5, 0.6) is 5.75 Å². The third-order valence-corrected chi connectivity index (χ3v) is 1.67. The molecule has 1 aromatic carbocycles. The van der Waals surface area contributed by atoms with Crippen LogP contribution in [0.1, 0.15) is 12.5 Å². The van der Waals surface area contributed by atoms with E-state index >= 15 is 0 Å². The number of nitrogens with two attached hydrogens (primary N) is 1. The first kappa shape index (κ1) is 10.0. The largest absolute Gasteiger partial charge is 0.491 e. The maximum absolute atomic E-state index is 9.02. The zero-order valence-corrected chi connectivity index (χ0v) is 7.73. The molecule has 0 saturated carbocycles.